The number of aliphatic hydroxyl groups is 12. The Morgan fingerprint density at radius 3 is 1.81 bits per heavy atom. The van der Waals surface area contributed by atoms with E-state index < -0.39 is 202 Å². The standard InChI is InChI=1S/C21H39N7O12.C18H14Cl4N2O.C18H37N5O9/c1-5-21(36,4-30)16(40-17-9(26-2)13(34)10(31)6(3-29)38-17)18(37-5)39-15-8(28-20(24)25)11(32)7(27-19(22)23)12(33)14(15)35;19-13-2-1-12(16(21)7-13)10-25-18(9-24-6-5-23-11-24)15-4-3-14(20)8-17(15)22;19-3-9-8(25)2-7(22)17(29-9)31-15-5(20)1-6(21)16(14(15)28)32-18-13(27)11(23)12(26)10(4-24)30-18/h4-18,26,29,31-36H,3H2,1-2H3,(H4,22,23,27)(H4,24,25,28);1-8,11,18H,9-10H2;5-18,24-28H,1-4,19-23H2/t5-,6-,7+,8-,9-,10-,11+,12-,13-,14+,15+,16-,17-,18-,21+;;5-,6+,7+,8-,9+,10+,11-,12+,13+,14-,15+,16-,17+,18+/m0.0/s1. The minimum absolute atomic E-state index is 0.0542. The Hall–Kier alpha value is -4.06. The van der Waals surface area contributed by atoms with Gasteiger partial charge in [0, 0.05) is 56.7 Å². The van der Waals surface area contributed by atoms with Crippen LogP contribution in [0.25, 0.3) is 0 Å². The summed E-state index contributed by atoms with van der Waals surface area (Å²) < 4.78 is 53.7. The van der Waals surface area contributed by atoms with Crippen molar-refractivity contribution in [1.29, 1.82) is 10.8 Å². The van der Waals surface area contributed by atoms with Crippen LogP contribution < -0.4 is 56.1 Å². The summed E-state index contributed by atoms with van der Waals surface area (Å²) in [6, 6.07) is 3.48. The van der Waals surface area contributed by atoms with E-state index in [1.54, 1.807) is 36.8 Å². The van der Waals surface area contributed by atoms with Gasteiger partial charge in [-0.05, 0) is 56.6 Å². The molecule has 6 aliphatic rings. The molecule has 1 aromatic heterocycles. The van der Waals surface area contributed by atoms with Gasteiger partial charge in [0.15, 0.2) is 49.0 Å². The fraction of sp³-hybridized carbons (Fsp3) is 0.684. The van der Waals surface area contributed by atoms with Crippen molar-refractivity contribution in [2.24, 2.45) is 40.1 Å². The zero-order valence-corrected chi connectivity index (χ0v) is 55.4. The van der Waals surface area contributed by atoms with Crippen LogP contribution in [0.5, 0.6) is 0 Å². The second-order valence-electron chi connectivity index (χ2n) is 24.2. The fourth-order valence-electron chi connectivity index (χ4n) is 12.0. The number of nitrogens with zero attached hydrogens (tertiary/aromatic N) is 2. The topological polar surface area (TPSA) is 627 Å². The zero-order valence-electron chi connectivity index (χ0n) is 52.4. The monoisotopic (exact) mass is 1460 g/mol. The molecule has 31 N–H and O–H groups in total. The summed E-state index contributed by atoms with van der Waals surface area (Å²) in [6.45, 7) is 1.00. The van der Waals surface area contributed by atoms with Gasteiger partial charge < -0.3 is 165 Å². The van der Waals surface area contributed by atoms with Crippen molar-refractivity contribution in [1.82, 2.24) is 25.5 Å². The van der Waals surface area contributed by atoms with Gasteiger partial charge in [-0.3, -0.25) is 15.6 Å². The first-order valence-corrected chi connectivity index (χ1v) is 32.2. The molecule has 2 saturated carbocycles. The van der Waals surface area contributed by atoms with E-state index in [-0.39, 0.29) is 31.8 Å². The van der Waals surface area contributed by atoms with E-state index in [1.807, 2.05) is 22.9 Å². The molecule has 4 saturated heterocycles. The lowest BCUT2D eigenvalue weighted by Crippen LogP contribution is -2.73. The van der Waals surface area contributed by atoms with Crippen LogP contribution in [-0.4, -0.2) is 293 Å². The summed E-state index contributed by atoms with van der Waals surface area (Å²) in [7, 11) is 1.41. The highest BCUT2D eigenvalue weighted by Gasteiger charge is 2.61. The number of likely N-dealkylation sites (N-methyl/N-ethyl adjacent to an activating group) is 1. The third-order valence-corrected chi connectivity index (χ3v) is 18.7. The third-order valence-electron chi connectivity index (χ3n) is 17.6. The number of hydrogen-bond acceptors (Lipinski definition) is 31. The quantitative estimate of drug-likeness (QED) is 0.0268. The maximum absolute atomic E-state index is 12.1. The molecular weight excluding hydrogens is 1370 g/mol. The highest BCUT2D eigenvalue weighted by Crippen LogP contribution is 2.39. The first-order valence-electron chi connectivity index (χ1n) is 30.7. The minimum Gasteiger partial charge on any atom is -0.394 e. The Morgan fingerprint density at radius 1 is 0.680 bits per heavy atom. The lowest BCUT2D eigenvalue weighted by atomic mass is 9.81. The van der Waals surface area contributed by atoms with Gasteiger partial charge in [-0.15, -0.1) is 0 Å². The predicted octanol–water partition coefficient (Wildman–Crippen LogP) is -7.58. The second kappa shape index (κ2) is 35.7. The number of aliphatic hydroxyl groups excluding tert-OH is 11. The van der Waals surface area contributed by atoms with Crippen LogP contribution in [0.15, 0.2) is 55.1 Å². The molecule has 2 aromatic carbocycles. The summed E-state index contributed by atoms with van der Waals surface area (Å²) in [6.07, 6.45) is -23.0. The molecular formula is C57H90Cl4N14O22. The number of ether oxygens (including phenoxy) is 9. The van der Waals surface area contributed by atoms with Gasteiger partial charge in [0.05, 0.1) is 87.3 Å². The SMILES string of the molecule is CN[C@@H]1[C@H](O[C@H]2[C@H](O[C@H]3[C@H](O)[C@@H](O)[C@H](NC(=N)N)[C@@H](O)[C@@H]3NC(=N)N)O[C@@H](C)[C@]2(O)C=O)O[C@@H](CO)[C@H](O)[C@H]1O.Clc1ccc(COC(Cn2ccnc2)c2ccc(Cl)cc2Cl)c(Cl)c1.NC[C@H]1O[C@H](O[C@H]2[C@H](O)[C@@H](O[C@H]3O[C@H](CO)[C@@H](O)[C@H](N)[C@H]3O)[C@H](N)C[C@@H]2N)[C@H](N)C[C@@H]1O. The van der Waals surface area contributed by atoms with E-state index in [2.05, 4.69) is 20.9 Å². The van der Waals surface area contributed by atoms with Gasteiger partial charge in [0.2, 0.25) is 0 Å². The van der Waals surface area contributed by atoms with Crippen molar-refractivity contribution in [3.63, 3.8) is 0 Å². The van der Waals surface area contributed by atoms with Gasteiger partial charge in [-0.25, -0.2) is 4.98 Å². The molecule has 97 heavy (non-hydrogen) atoms. The Morgan fingerprint density at radius 2 is 1.25 bits per heavy atom. The molecule has 30 atom stereocenters. The summed E-state index contributed by atoms with van der Waals surface area (Å²) in [5.41, 5.74) is 39.9. The molecule has 4 aliphatic heterocycles. The summed E-state index contributed by atoms with van der Waals surface area (Å²) in [5.74, 6) is -1.29. The van der Waals surface area contributed by atoms with Gasteiger partial charge in [0.25, 0.3) is 0 Å². The molecule has 0 radical (unpaired) electrons. The highest BCUT2D eigenvalue weighted by atomic mass is 35.5. The number of aldehydes is 1. The molecule has 40 heteroatoms. The molecule has 9 rings (SSSR count). The van der Waals surface area contributed by atoms with Crippen LogP contribution in [0.4, 0.5) is 0 Å². The average Bonchev–Trinajstić information content (AvgIpc) is 1.63. The van der Waals surface area contributed by atoms with Gasteiger partial charge >= 0.3 is 0 Å². The maximum atomic E-state index is 12.1. The van der Waals surface area contributed by atoms with E-state index in [9.17, 15) is 66.1 Å². The van der Waals surface area contributed by atoms with E-state index >= 15 is 0 Å². The molecule has 3 aromatic rings. The Bertz CT molecular complexity index is 3000. The molecule has 5 heterocycles. The molecule has 548 valence electrons. The fourth-order valence-corrected chi connectivity index (χ4v) is 13.0. The molecule has 36 nitrogen and oxygen atoms in total. The van der Waals surface area contributed by atoms with E-state index in [4.69, 9.17) is 140 Å². The molecule has 0 amide bonds. The normalized spacial score (nSPS) is 40.1. The van der Waals surface area contributed by atoms with Crippen molar-refractivity contribution in [3.8, 4) is 0 Å². The Balaban J connectivity index is 0.000000210. The largest absolute Gasteiger partial charge is 0.394 e. The van der Waals surface area contributed by atoms with Gasteiger partial charge in [0.1, 0.15) is 85.5 Å². The first-order chi connectivity index (χ1) is 45.8. The van der Waals surface area contributed by atoms with Crippen LogP contribution in [0.3, 0.4) is 0 Å². The average molecular weight is 1470 g/mol. The van der Waals surface area contributed by atoms with Crippen LogP contribution in [0.2, 0.25) is 20.1 Å². The number of benzene rings is 2. The van der Waals surface area contributed by atoms with Gasteiger partial charge in [-0.1, -0.05) is 58.5 Å². The van der Waals surface area contributed by atoms with Crippen LogP contribution >= 0.6 is 46.4 Å². The number of nitrogens with two attached hydrogens (primary N) is 7. The second-order valence-corrected chi connectivity index (χ2v) is 25.9. The molecule has 6 fully saturated rings. The van der Waals surface area contributed by atoms with Crippen molar-refractivity contribution in [2.45, 2.75) is 216 Å². The first kappa shape index (κ1) is 80.3. The molecule has 0 spiro atoms. The lowest BCUT2D eigenvalue weighted by Gasteiger charge is -2.47. The number of carbonyl (C=O) groups excluding carboxylic acids is 1. The van der Waals surface area contributed by atoms with Crippen LogP contribution in [-0.2, 0) is 60.6 Å². The number of rotatable bonds is 21. The number of nitrogens with one attached hydrogen (secondary N) is 5. The minimum atomic E-state index is -2.39. The summed E-state index contributed by atoms with van der Waals surface area (Å²) in [4.78, 5) is 16.1. The number of halogens is 4. The molecule has 0 bridgehead atoms. The van der Waals surface area contributed by atoms with Crippen molar-refractivity contribution >= 4 is 64.6 Å². The smallest absolute Gasteiger partial charge is 0.188 e. The maximum Gasteiger partial charge on any atom is 0.188 e. The number of imidazole rings is 1. The van der Waals surface area contributed by atoms with Crippen molar-refractivity contribution < 1.29 is 109 Å². The highest BCUT2D eigenvalue weighted by molar-refractivity contribution is 6.35. The Labute approximate surface area is 576 Å². The van der Waals surface area contributed by atoms with E-state index in [0.717, 1.165) is 11.1 Å². The van der Waals surface area contributed by atoms with Crippen molar-refractivity contribution in [3.05, 3.63) is 86.3 Å². The van der Waals surface area contributed by atoms with Crippen LogP contribution in [0, 0.1) is 10.8 Å². The number of guanidine groups is 2. The lowest BCUT2D eigenvalue weighted by molar-refractivity contribution is -0.314. The van der Waals surface area contributed by atoms with E-state index in [1.165, 1.54) is 14.0 Å². The molecule has 1 unspecified atom stereocenters. The van der Waals surface area contributed by atoms with E-state index in [0.29, 0.717) is 33.2 Å². The third kappa shape index (κ3) is 19.2. The molecule has 2 aliphatic carbocycles. The number of aromatic nitrogens is 2. The zero-order chi connectivity index (χ0) is 71.7. The Kier molecular flexibility index (Phi) is 29.5. The van der Waals surface area contributed by atoms with Crippen LogP contribution in [0.1, 0.15) is 37.0 Å². The summed E-state index contributed by atoms with van der Waals surface area (Å²) >= 11 is 24.5. The van der Waals surface area contributed by atoms with Gasteiger partial charge in [-0.2, -0.15) is 0 Å². The van der Waals surface area contributed by atoms with Crippen molar-refractivity contribution in [2.75, 3.05) is 26.8 Å². The number of carbonyl (C=O) groups is 1. The predicted molar refractivity (Wildman–Crippen MR) is 342 cm³/mol. The summed E-state index contributed by atoms with van der Waals surface area (Å²) in [5, 5.41) is 149. The number of hydrogen-bond donors (Lipinski definition) is 24.